The van der Waals surface area contributed by atoms with E-state index in [9.17, 15) is 4.79 Å². The van der Waals surface area contributed by atoms with Crippen molar-refractivity contribution < 1.29 is 9.53 Å². The van der Waals surface area contributed by atoms with E-state index in [4.69, 9.17) is 4.74 Å². The standard InChI is InChI=1S/C23H26N4O2/c1-29-21-11-9-18(10-12-21)22-8-4-15-27(22)23(28)24-16-19-6-2-3-7-20(19)17-26-14-5-13-25-26/h2-3,5-7,9-14,22H,4,8,15-17H2,1H3,(H,24,28). The van der Waals surface area contributed by atoms with E-state index in [0.717, 1.165) is 41.8 Å². The number of aromatic nitrogens is 2. The van der Waals surface area contributed by atoms with Crippen LogP contribution >= 0.6 is 0 Å². The van der Waals surface area contributed by atoms with Gasteiger partial charge in [0.1, 0.15) is 5.75 Å². The first-order valence-corrected chi connectivity index (χ1v) is 9.97. The van der Waals surface area contributed by atoms with Crippen LogP contribution < -0.4 is 10.1 Å². The molecule has 1 fully saturated rings. The van der Waals surface area contributed by atoms with Crippen LogP contribution in [0.2, 0.25) is 0 Å². The lowest BCUT2D eigenvalue weighted by Gasteiger charge is -2.26. The molecular formula is C23H26N4O2. The number of hydrogen-bond acceptors (Lipinski definition) is 3. The molecule has 1 N–H and O–H groups in total. The Hall–Kier alpha value is -3.28. The van der Waals surface area contributed by atoms with Crippen molar-refractivity contribution in [1.82, 2.24) is 20.0 Å². The molecule has 3 aromatic rings. The molecule has 4 rings (SSSR count). The first-order chi connectivity index (χ1) is 14.2. The minimum absolute atomic E-state index is 0.0165. The molecule has 1 unspecified atom stereocenters. The number of nitrogens with zero attached hydrogens (tertiary/aromatic N) is 3. The molecule has 29 heavy (non-hydrogen) atoms. The van der Waals surface area contributed by atoms with Gasteiger partial charge >= 0.3 is 6.03 Å². The number of carbonyl (C=O) groups is 1. The van der Waals surface area contributed by atoms with Gasteiger partial charge in [0, 0.05) is 25.5 Å². The van der Waals surface area contributed by atoms with Gasteiger partial charge in [0.2, 0.25) is 0 Å². The number of rotatable bonds is 6. The summed E-state index contributed by atoms with van der Waals surface area (Å²) in [4.78, 5) is 14.9. The van der Waals surface area contributed by atoms with E-state index in [2.05, 4.69) is 34.7 Å². The van der Waals surface area contributed by atoms with Crippen LogP contribution in [-0.2, 0) is 13.1 Å². The van der Waals surface area contributed by atoms with Crippen LogP contribution in [0.15, 0.2) is 67.0 Å². The molecule has 0 radical (unpaired) electrons. The molecule has 0 saturated carbocycles. The van der Waals surface area contributed by atoms with Gasteiger partial charge in [0.25, 0.3) is 0 Å². The number of carbonyl (C=O) groups excluding carboxylic acids is 1. The van der Waals surface area contributed by atoms with Gasteiger partial charge in [-0.05, 0) is 47.7 Å². The van der Waals surface area contributed by atoms with E-state index in [-0.39, 0.29) is 12.1 Å². The minimum Gasteiger partial charge on any atom is -0.497 e. The summed E-state index contributed by atoms with van der Waals surface area (Å²) >= 11 is 0. The molecule has 6 heteroatoms. The average Bonchev–Trinajstić information content (AvgIpc) is 3.45. The van der Waals surface area contributed by atoms with Crippen molar-refractivity contribution in [3.8, 4) is 5.75 Å². The molecule has 1 aromatic heterocycles. The predicted octanol–water partition coefficient (Wildman–Crippen LogP) is 3.99. The maximum absolute atomic E-state index is 12.9. The summed E-state index contributed by atoms with van der Waals surface area (Å²) in [6.45, 7) is 1.97. The molecule has 0 bridgehead atoms. The van der Waals surface area contributed by atoms with Gasteiger partial charge in [-0.15, -0.1) is 0 Å². The molecule has 1 aliphatic heterocycles. The number of ether oxygens (including phenoxy) is 1. The van der Waals surface area contributed by atoms with E-state index in [1.54, 1.807) is 13.3 Å². The summed E-state index contributed by atoms with van der Waals surface area (Å²) < 4.78 is 7.13. The van der Waals surface area contributed by atoms with Crippen LogP contribution in [0.25, 0.3) is 0 Å². The van der Waals surface area contributed by atoms with Crippen LogP contribution in [0, 0.1) is 0 Å². The molecule has 1 saturated heterocycles. The van der Waals surface area contributed by atoms with Crippen molar-refractivity contribution in [2.24, 2.45) is 0 Å². The zero-order valence-electron chi connectivity index (χ0n) is 16.6. The summed E-state index contributed by atoms with van der Waals surface area (Å²) in [5.74, 6) is 0.830. The molecule has 1 atom stereocenters. The third kappa shape index (κ3) is 4.42. The largest absolute Gasteiger partial charge is 0.497 e. The molecular weight excluding hydrogens is 364 g/mol. The maximum atomic E-state index is 12.9. The van der Waals surface area contributed by atoms with Crippen molar-refractivity contribution in [2.75, 3.05) is 13.7 Å². The second-order valence-corrected chi connectivity index (χ2v) is 7.26. The van der Waals surface area contributed by atoms with Gasteiger partial charge in [-0.25, -0.2) is 4.79 Å². The number of methoxy groups -OCH3 is 1. The van der Waals surface area contributed by atoms with E-state index >= 15 is 0 Å². The molecule has 2 amide bonds. The SMILES string of the molecule is COc1ccc(C2CCCN2C(=O)NCc2ccccc2Cn2cccn2)cc1. The summed E-state index contributed by atoms with van der Waals surface area (Å²) in [6.07, 6.45) is 5.71. The van der Waals surface area contributed by atoms with Crippen LogP contribution in [0.3, 0.4) is 0 Å². The number of urea groups is 1. The van der Waals surface area contributed by atoms with E-state index in [1.807, 2.05) is 46.1 Å². The summed E-state index contributed by atoms with van der Waals surface area (Å²) in [5.41, 5.74) is 3.42. The van der Waals surface area contributed by atoms with Gasteiger partial charge in [-0.1, -0.05) is 36.4 Å². The third-order valence-corrected chi connectivity index (χ3v) is 5.45. The monoisotopic (exact) mass is 390 g/mol. The summed E-state index contributed by atoms with van der Waals surface area (Å²) in [5, 5.41) is 7.39. The second-order valence-electron chi connectivity index (χ2n) is 7.26. The zero-order chi connectivity index (χ0) is 20.1. The van der Waals surface area contributed by atoms with E-state index in [0.29, 0.717) is 13.1 Å². The summed E-state index contributed by atoms with van der Waals surface area (Å²) in [7, 11) is 1.66. The smallest absolute Gasteiger partial charge is 0.318 e. The van der Waals surface area contributed by atoms with Crippen molar-refractivity contribution in [3.05, 3.63) is 83.7 Å². The number of nitrogens with one attached hydrogen (secondary N) is 1. The second kappa shape index (κ2) is 8.82. The number of hydrogen-bond donors (Lipinski definition) is 1. The molecule has 2 heterocycles. The molecule has 2 aromatic carbocycles. The van der Waals surface area contributed by atoms with Gasteiger partial charge in [-0.2, -0.15) is 5.10 Å². The van der Waals surface area contributed by atoms with Crippen molar-refractivity contribution in [1.29, 1.82) is 0 Å². The highest BCUT2D eigenvalue weighted by atomic mass is 16.5. The fourth-order valence-corrected chi connectivity index (χ4v) is 3.91. The van der Waals surface area contributed by atoms with Crippen molar-refractivity contribution in [3.63, 3.8) is 0 Å². The Morgan fingerprint density at radius 2 is 1.93 bits per heavy atom. The van der Waals surface area contributed by atoms with Crippen LogP contribution in [-0.4, -0.2) is 34.4 Å². The normalized spacial score (nSPS) is 16.0. The first-order valence-electron chi connectivity index (χ1n) is 9.97. The lowest BCUT2D eigenvalue weighted by Crippen LogP contribution is -2.39. The van der Waals surface area contributed by atoms with Gasteiger partial charge in [0.15, 0.2) is 0 Å². The highest BCUT2D eigenvalue weighted by molar-refractivity contribution is 5.75. The topological polar surface area (TPSA) is 59.4 Å². The Bertz CT molecular complexity index is 938. The zero-order valence-corrected chi connectivity index (χ0v) is 16.6. The van der Waals surface area contributed by atoms with Crippen molar-refractivity contribution >= 4 is 6.03 Å². The van der Waals surface area contributed by atoms with E-state index in [1.165, 1.54) is 0 Å². The lowest BCUT2D eigenvalue weighted by atomic mass is 10.0. The molecule has 0 spiro atoms. The average molecular weight is 390 g/mol. The quantitative estimate of drug-likeness (QED) is 0.692. The van der Waals surface area contributed by atoms with Crippen LogP contribution in [0.4, 0.5) is 4.79 Å². The Balaban J connectivity index is 1.41. The molecule has 150 valence electrons. The Morgan fingerprint density at radius 3 is 2.66 bits per heavy atom. The first kappa shape index (κ1) is 19.1. The van der Waals surface area contributed by atoms with Crippen LogP contribution in [0.1, 0.15) is 35.6 Å². The van der Waals surface area contributed by atoms with Crippen LogP contribution in [0.5, 0.6) is 5.75 Å². The number of amides is 2. The van der Waals surface area contributed by atoms with Crippen molar-refractivity contribution in [2.45, 2.75) is 32.0 Å². The van der Waals surface area contributed by atoms with E-state index < -0.39 is 0 Å². The number of benzene rings is 2. The third-order valence-electron chi connectivity index (χ3n) is 5.45. The Labute approximate surface area is 171 Å². The van der Waals surface area contributed by atoms with Gasteiger partial charge in [-0.3, -0.25) is 4.68 Å². The highest BCUT2D eigenvalue weighted by Crippen LogP contribution is 2.32. The number of likely N-dealkylation sites (tertiary alicyclic amines) is 1. The minimum atomic E-state index is -0.0165. The molecule has 1 aliphatic rings. The van der Waals surface area contributed by atoms with Gasteiger partial charge < -0.3 is 15.0 Å². The Kier molecular flexibility index (Phi) is 5.79. The molecule has 6 nitrogen and oxygen atoms in total. The summed E-state index contributed by atoms with van der Waals surface area (Å²) in [6, 6.07) is 18.2. The Morgan fingerprint density at radius 1 is 1.14 bits per heavy atom. The fourth-order valence-electron chi connectivity index (χ4n) is 3.91. The predicted molar refractivity (Wildman–Crippen MR) is 112 cm³/mol. The maximum Gasteiger partial charge on any atom is 0.318 e. The van der Waals surface area contributed by atoms with Gasteiger partial charge in [0.05, 0.1) is 19.7 Å². The molecule has 0 aliphatic carbocycles. The highest BCUT2D eigenvalue weighted by Gasteiger charge is 2.29. The fraction of sp³-hybridized carbons (Fsp3) is 0.304. The lowest BCUT2D eigenvalue weighted by molar-refractivity contribution is 0.192.